The van der Waals surface area contributed by atoms with E-state index in [-0.39, 0.29) is 23.6 Å². The second-order valence-corrected chi connectivity index (χ2v) is 21.2. The summed E-state index contributed by atoms with van der Waals surface area (Å²) in [4.78, 5) is 28.5. The van der Waals surface area contributed by atoms with Gasteiger partial charge < -0.3 is 23.4 Å². The molecule has 2 fully saturated rings. The number of morpholine rings is 1. The van der Waals surface area contributed by atoms with E-state index in [1.54, 1.807) is 51.5 Å². The normalized spacial score (nSPS) is 21.5. The topological polar surface area (TPSA) is 138 Å². The minimum absolute atomic E-state index is 0.0872. The van der Waals surface area contributed by atoms with Gasteiger partial charge in [0.1, 0.15) is 22.7 Å². The van der Waals surface area contributed by atoms with E-state index in [0.29, 0.717) is 11.5 Å². The molecule has 0 saturated carbocycles. The summed E-state index contributed by atoms with van der Waals surface area (Å²) >= 11 is 0. The second-order valence-electron chi connectivity index (χ2n) is 14.8. The molecule has 0 spiro atoms. The molecule has 0 amide bonds. The molecule has 12 nitrogen and oxygen atoms in total. The highest BCUT2D eigenvalue weighted by atomic mass is 32.2. The average molecular weight is 784 g/mol. The van der Waals surface area contributed by atoms with Gasteiger partial charge in [0.2, 0.25) is 10.0 Å². The maximum Gasteiger partial charge on any atom is 0.330 e. The fraction of sp³-hybridized carbons (Fsp3) is 0.317. The van der Waals surface area contributed by atoms with Gasteiger partial charge in [-0.15, -0.1) is 0 Å². The molecular weight excluding hydrogens is 739 g/mol. The molecule has 2 bridgehead atoms. The number of rotatable bonds is 13. The molecule has 4 aromatic carbocycles. The first-order valence-electron chi connectivity index (χ1n) is 18.0. The molecule has 2 saturated heterocycles. The van der Waals surface area contributed by atoms with Crippen LogP contribution in [0.1, 0.15) is 28.5 Å². The molecule has 2 aliphatic heterocycles. The van der Waals surface area contributed by atoms with Crippen molar-refractivity contribution in [3.8, 4) is 11.5 Å². The summed E-state index contributed by atoms with van der Waals surface area (Å²) < 4.78 is 64.3. The smallest absolute Gasteiger partial charge is 0.330 e. The van der Waals surface area contributed by atoms with Crippen LogP contribution in [-0.4, -0.2) is 75.7 Å². The van der Waals surface area contributed by atoms with Crippen LogP contribution in [-0.2, 0) is 29.5 Å². The number of H-pyrrole nitrogens is 1. The molecular formula is C41H45N3O9SSi. The molecule has 55 heavy (non-hydrogen) atoms. The number of nitrogens with one attached hydrogen (secondary N) is 1. The Morgan fingerprint density at radius 3 is 1.87 bits per heavy atom. The fourth-order valence-corrected chi connectivity index (χ4v) is 10.4. The van der Waals surface area contributed by atoms with Crippen LogP contribution in [0.3, 0.4) is 0 Å². The summed E-state index contributed by atoms with van der Waals surface area (Å²) in [5.41, 5.74) is -1.37. The summed E-state index contributed by atoms with van der Waals surface area (Å²) in [6.07, 6.45) is -0.640. The highest BCUT2D eigenvalue weighted by Crippen LogP contribution is 2.52. The van der Waals surface area contributed by atoms with Crippen LogP contribution in [0.4, 0.5) is 0 Å². The molecule has 1 N–H and O–H groups in total. The molecule has 7 rings (SSSR count). The molecule has 5 aromatic rings. The minimum Gasteiger partial charge on any atom is -0.497 e. The summed E-state index contributed by atoms with van der Waals surface area (Å²) in [5, 5.41) is 0. The Labute approximate surface area is 321 Å². The van der Waals surface area contributed by atoms with Crippen LogP contribution in [0.25, 0.3) is 0 Å². The van der Waals surface area contributed by atoms with Gasteiger partial charge in [-0.25, -0.2) is 13.2 Å². The number of sulfonamides is 1. The van der Waals surface area contributed by atoms with Crippen LogP contribution in [0.2, 0.25) is 19.6 Å². The molecule has 2 aliphatic rings. The maximum absolute atomic E-state index is 14.7. The van der Waals surface area contributed by atoms with Gasteiger partial charge in [-0.3, -0.25) is 14.3 Å². The summed E-state index contributed by atoms with van der Waals surface area (Å²) in [7, 11) is -3.43. The zero-order chi connectivity index (χ0) is 39.2. The third-order valence-electron chi connectivity index (χ3n) is 10.2. The largest absolute Gasteiger partial charge is 0.497 e. The first-order chi connectivity index (χ1) is 26.2. The average Bonchev–Trinajstić information content (AvgIpc) is 3.65. The molecule has 1 aromatic heterocycles. The quantitative estimate of drug-likeness (QED) is 0.122. The number of ether oxygens (including phenoxy) is 4. The van der Waals surface area contributed by atoms with Gasteiger partial charge in [0.25, 0.3) is 5.56 Å². The molecule has 0 unspecified atom stereocenters. The third-order valence-corrected chi connectivity index (χ3v) is 13.0. The Morgan fingerprint density at radius 1 is 0.818 bits per heavy atom. The van der Waals surface area contributed by atoms with Crippen molar-refractivity contribution in [3.63, 3.8) is 0 Å². The Bertz CT molecular complexity index is 2320. The molecule has 3 heterocycles. The number of aryl methyl sites for hydroxylation is 1. The number of nitrogens with zero attached hydrogens (tertiary/aromatic N) is 2. The van der Waals surface area contributed by atoms with Crippen molar-refractivity contribution in [1.29, 1.82) is 0 Å². The van der Waals surface area contributed by atoms with Crippen molar-refractivity contribution in [3.05, 3.63) is 158 Å². The molecule has 14 heteroatoms. The monoisotopic (exact) mass is 783 g/mol. The lowest BCUT2D eigenvalue weighted by Crippen LogP contribution is -2.53. The van der Waals surface area contributed by atoms with Crippen molar-refractivity contribution < 1.29 is 31.8 Å². The van der Waals surface area contributed by atoms with Gasteiger partial charge in [0, 0.05) is 18.3 Å². The lowest BCUT2D eigenvalue weighted by atomic mass is 9.79. The Kier molecular flexibility index (Phi) is 10.3. The predicted octanol–water partition coefficient (Wildman–Crippen LogP) is 5.43. The van der Waals surface area contributed by atoms with E-state index in [4.69, 9.17) is 23.4 Å². The second kappa shape index (κ2) is 14.7. The van der Waals surface area contributed by atoms with Gasteiger partial charge in [-0.2, -0.15) is 4.31 Å². The van der Waals surface area contributed by atoms with E-state index in [9.17, 15) is 18.0 Å². The number of hydrogen-bond donors (Lipinski definition) is 1. The minimum atomic E-state index is -4.18. The first-order valence-corrected chi connectivity index (χ1v) is 22.8. The SMILES string of the molecule is COc1ccc(C(OC[C@@]23CN(S(=O)(=O)c4ccccc4)[C@@H]([C@H](n4cc(C)c(=O)[nH]c4=O)O2)[C@@H]3O[Si](C)(C)C)(c2ccccc2)c2ccc(OC)cc2)cc1. The van der Waals surface area contributed by atoms with Crippen LogP contribution >= 0.6 is 0 Å². The highest BCUT2D eigenvalue weighted by molar-refractivity contribution is 7.89. The third kappa shape index (κ3) is 6.98. The van der Waals surface area contributed by atoms with Gasteiger partial charge in [-0.1, -0.05) is 72.8 Å². The Hall–Kier alpha value is -4.83. The van der Waals surface area contributed by atoms with E-state index in [1.807, 2.05) is 98.5 Å². The Balaban J connectivity index is 1.44. The molecule has 288 valence electrons. The van der Waals surface area contributed by atoms with E-state index >= 15 is 0 Å². The standard InChI is InChI=1S/C41H45N3O9SSi/c1-28-25-43(39(46)42-37(28)45)38-35-36(53-55(4,5)6)40(52-38,26-44(35)54(47,48)34-15-11-8-12-16-34)27-51-41(29-13-9-7-10-14-29,30-17-21-32(49-2)22-18-30)31-19-23-33(50-3)24-20-31/h7-25,35-36,38H,26-27H2,1-6H3,(H,42,45,46)/t35-,36+,38-,40-/m1/s1. The van der Waals surface area contributed by atoms with Gasteiger partial charge in [0.05, 0.1) is 37.9 Å². The number of hydrogen-bond acceptors (Lipinski definition) is 9. The van der Waals surface area contributed by atoms with Crippen molar-refractivity contribution >= 4 is 18.3 Å². The van der Waals surface area contributed by atoms with Crippen LogP contribution in [0.5, 0.6) is 11.5 Å². The van der Waals surface area contributed by atoms with Gasteiger partial charge in [-0.05, 0) is 79.7 Å². The van der Waals surface area contributed by atoms with Crippen LogP contribution < -0.4 is 20.7 Å². The van der Waals surface area contributed by atoms with Gasteiger partial charge >= 0.3 is 5.69 Å². The van der Waals surface area contributed by atoms with E-state index < -0.39 is 59.2 Å². The van der Waals surface area contributed by atoms with Gasteiger partial charge in [0.15, 0.2) is 14.5 Å². The maximum atomic E-state index is 14.7. The predicted molar refractivity (Wildman–Crippen MR) is 210 cm³/mol. The lowest BCUT2D eigenvalue weighted by Gasteiger charge is -2.41. The van der Waals surface area contributed by atoms with Crippen molar-refractivity contribution in [2.45, 2.75) is 61.0 Å². The van der Waals surface area contributed by atoms with Crippen LogP contribution in [0, 0.1) is 6.92 Å². The van der Waals surface area contributed by atoms with Crippen molar-refractivity contribution in [2.75, 3.05) is 27.4 Å². The summed E-state index contributed by atoms with van der Waals surface area (Å²) in [6, 6.07) is 32.1. The zero-order valence-electron chi connectivity index (χ0n) is 31.6. The fourth-order valence-electron chi connectivity index (χ4n) is 7.62. The summed E-state index contributed by atoms with van der Waals surface area (Å²) in [6.45, 7) is 7.33. The number of fused-ring (bicyclic) bond motifs is 2. The summed E-state index contributed by atoms with van der Waals surface area (Å²) in [5.74, 6) is 1.32. The molecule has 0 radical (unpaired) electrons. The van der Waals surface area contributed by atoms with Crippen molar-refractivity contribution in [2.24, 2.45) is 0 Å². The van der Waals surface area contributed by atoms with E-state index in [0.717, 1.165) is 16.7 Å². The number of aromatic nitrogens is 2. The zero-order valence-corrected chi connectivity index (χ0v) is 33.4. The Morgan fingerprint density at radius 2 is 1.35 bits per heavy atom. The number of aromatic amines is 1. The number of benzene rings is 4. The van der Waals surface area contributed by atoms with Crippen molar-refractivity contribution in [1.82, 2.24) is 13.9 Å². The van der Waals surface area contributed by atoms with E-state index in [1.165, 1.54) is 15.1 Å². The number of methoxy groups -OCH3 is 2. The highest BCUT2D eigenvalue weighted by Gasteiger charge is 2.69. The van der Waals surface area contributed by atoms with Crippen LogP contribution in [0.15, 0.2) is 130 Å². The molecule has 4 atom stereocenters. The molecule has 0 aliphatic carbocycles. The first kappa shape index (κ1) is 38.4. The van der Waals surface area contributed by atoms with E-state index in [2.05, 4.69) is 4.98 Å². The lowest BCUT2D eigenvalue weighted by molar-refractivity contribution is -0.169.